The molecule has 0 atom stereocenters. The fourth-order valence-electron chi connectivity index (χ4n) is 5.76. The summed E-state index contributed by atoms with van der Waals surface area (Å²) in [6.45, 7) is 3.23. The van der Waals surface area contributed by atoms with Crippen molar-refractivity contribution >= 4 is 39.1 Å². The molecular weight excluding hydrogens is 611 g/mol. The van der Waals surface area contributed by atoms with Gasteiger partial charge in [0.2, 0.25) is 5.91 Å². The van der Waals surface area contributed by atoms with E-state index in [1.54, 1.807) is 4.90 Å². The van der Waals surface area contributed by atoms with E-state index < -0.39 is 51.1 Å². The van der Waals surface area contributed by atoms with Gasteiger partial charge in [0.05, 0.1) is 27.4 Å². The first-order valence-electron chi connectivity index (χ1n) is 14.3. The lowest BCUT2D eigenvalue weighted by molar-refractivity contribution is -0.217. The minimum atomic E-state index is -4.39. The highest BCUT2D eigenvalue weighted by Gasteiger charge is 2.48. The normalized spacial score (nSPS) is 18.6. The standard InChI is InChI=1S/C29H33F5N4O5S/c1-28(2,29(32,33)34)17-36-11-8-20(9-12-36)43-27(40)38-13-7-18-14-21(16-24(26(18)38)37-10-3-4-25(37)39)44(41,42)35-23-6-5-19(30)15-22(23)31/h5-6,14-16,20,35H,3-4,7-13,17H2,1-2H3. The highest BCUT2D eigenvalue weighted by Crippen LogP contribution is 2.43. The maximum absolute atomic E-state index is 14.2. The van der Waals surface area contributed by atoms with Crippen molar-refractivity contribution in [2.24, 2.45) is 5.41 Å². The van der Waals surface area contributed by atoms with Crippen LogP contribution in [0.15, 0.2) is 35.2 Å². The van der Waals surface area contributed by atoms with Gasteiger partial charge in [-0.1, -0.05) is 0 Å². The van der Waals surface area contributed by atoms with Crippen molar-refractivity contribution in [3.8, 4) is 0 Å². The number of hydrogen-bond acceptors (Lipinski definition) is 6. The SMILES string of the molecule is CC(C)(CN1CCC(OC(=O)N2CCc3cc(S(=O)(=O)Nc4ccc(F)cc4F)cc(N4CCCC4=O)c32)CC1)C(F)(F)F. The fourth-order valence-corrected chi connectivity index (χ4v) is 6.90. The maximum atomic E-state index is 14.2. The van der Waals surface area contributed by atoms with Crippen molar-refractivity contribution in [2.45, 2.75) is 63.1 Å². The average Bonchev–Trinajstić information content (AvgIpc) is 3.56. The Balaban J connectivity index is 1.35. The predicted octanol–water partition coefficient (Wildman–Crippen LogP) is 5.44. The summed E-state index contributed by atoms with van der Waals surface area (Å²) in [5.41, 5.74) is -1.34. The van der Waals surface area contributed by atoms with E-state index in [4.69, 9.17) is 4.74 Å². The lowest BCUT2D eigenvalue weighted by Crippen LogP contribution is -2.47. The predicted molar refractivity (Wildman–Crippen MR) is 152 cm³/mol. The number of alkyl halides is 3. The summed E-state index contributed by atoms with van der Waals surface area (Å²) >= 11 is 0. The molecule has 0 bridgehead atoms. The Hall–Kier alpha value is -3.46. The number of amides is 2. The number of nitrogens with one attached hydrogen (secondary N) is 1. The number of anilines is 3. The van der Waals surface area contributed by atoms with Crippen molar-refractivity contribution in [1.82, 2.24) is 4.90 Å². The highest BCUT2D eigenvalue weighted by atomic mass is 32.2. The second kappa shape index (κ2) is 11.8. The maximum Gasteiger partial charge on any atom is 0.414 e. The molecule has 0 radical (unpaired) electrons. The lowest BCUT2D eigenvalue weighted by atomic mass is 9.91. The first kappa shape index (κ1) is 31.9. The minimum absolute atomic E-state index is 0.144. The molecule has 0 unspecified atom stereocenters. The number of sulfonamides is 1. The smallest absolute Gasteiger partial charge is 0.414 e. The van der Waals surface area contributed by atoms with Crippen LogP contribution in [0.25, 0.3) is 0 Å². The number of likely N-dealkylation sites (tertiary alicyclic amines) is 1. The van der Waals surface area contributed by atoms with Gasteiger partial charge in [-0.3, -0.25) is 14.4 Å². The number of hydrogen-bond donors (Lipinski definition) is 1. The Morgan fingerprint density at radius 2 is 1.73 bits per heavy atom. The van der Waals surface area contributed by atoms with Gasteiger partial charge in [0.1, 0.15) is 17.7 Å². The highest BCUT2D eigenvalue weighted by molar-refractivity contribution is 7.92. The van der Waals surface area contributed by atoms with Crippen LogP contribution in [-0.2, 0) is 26.0 Å². The molecule has 3 aliphatic rings. The Kier molecular flexibility index (Phi) is 8.57. The Morgan fingerprint density at radius 1 is 1.02 bits per heavy atom. The van der Waals surface area contributed by atoms with Gasteiger partial charge in [0, 0.05) is 45.2 Å². The van der Waals surface area contributed by atoms with Crippen molar-refractivity contribution < 1.29 is 44.7 Å². The quantitative estimate of drug-likeness (QED) is 0.403. The van der Waals surface area contributed by atoms with Crippen molar-refractivity contribution in [3.63, 3.8) is 0 Å². The van der Waals surface area contributed by atoms with Gasteiger partial charge in [-0.2, -0.15) is 13.2 Å². The van der Waals surface area contributed by atoms with Gasteiger partial charge >= 0.3 is 12.3 Å². The molecule has 9 nitrogen and oxygen atoms in total. The molecule has 2 aromatic rings. The molecule has 0 aromatic heterocycles. The summed E-state index contributed by atoms with van der Waals surface area (Å²) in [4.78, 5) is 30.3. The molecule has 0 saturated carbocycles. The molecule has 2 aromatic carbocycles. The number of nitrogens with zero attached hydrogens (tertiary/aromatic N) is 3. The van der Waals surface area contributed by atoms with Crippen LogP contribution >= 0.6 is 0 Å². The number of fused-ring (bicyclic) bond motifs is 1. The van der Waals surface area contributed by atoms with Crippen LogP contribution in [0.3, 0.4) is 0 Å². The van der Waals surface area contributed by atoms with Gasteiger partial charge in [0.15, 0.2) is 0 Å². The van der Waals surface area contributed by atoms with E-state index in [0.29, 0.717) is 56.2 Å². The third kappa shape index (κ3) is 6.48. The zero-order valence-corrected chi connectivity index (χ0v) is 25.0. The summed E-state index contributed by atoms with van der Waals surface area (Å²) in [5, 5.41) is 0. The second-order valence-corrected chi connectivity index (χ2v) is 13.7. The molecule has 3 heterocycles. The van der Waals surface area contributed by atoms with Crippen LogP contribution in [-0.4, -0.2) is 70.3 Å². The number of halogens is 5. The first-order valence-corrected chi connectivity index (χ1v) is 15.8. The fraction of sp³-hybridized carbons (Fsp3) is 0.517. The van der Waals surface area contributed by atoms with E-state index in [0.717, 1.165) is 26.0 Å². The molecule has 44 heavy (non-hydrogen) atoms. The molecule has 0 aliphatic carbocycles. The summed E-state index contributed by atoms with van der Waals surface area (Å²) < 4.78 is 102. The summed E-state index contributed by atoms with van der Waals surface area (Å²) in [6, 6.07) is 5.01. The monoisotopic (exact) mass is 644 g/mol. The molecule has 5 rings (SSSR count). The van der Waals surface area contributed by atoms with E-state index in [-0.39, 0.29) is 42.4 Å². The van der Waals surface area contributed by atoms with Gasteiger partial charge in [0.25, 0.3) is 10.0 Å². The second-order valence-electron chi connectivity index (χ2n) is 12.0. The van der Waals surface area contributed by atoms with Crippen molar-refractivity contribution in [3.05, 3.63) is 47.5 Å². The third-order valence-corrected chi connectivity index (χ3v) is 9.62. The molecule has 0 spiro atoms. The zero-order chi connectivity index (χ0) is 32.0. The number of rotatable bonds is 7. The van der Waals surface area contributed by atoms with E-state index in [2.05, 4.69) is 4.72 Å². The molecule has 2 amide bonds. The van der Waals surface area contributed by atoms with Crippen LogP contribution in [0.4, 0.5) is 43.8 Å². The molecular formula is C29H33F5N4O5S. The minimum Gasteiger partial charge on any atom is -0.446 e. The van der Waals surface area contributed by atoms with Crippen LogP contribution in [0.5, 0.6) is 0 Å². The van der Waals surface area contributed by atoms with E-state index >= 15 is 0 Å². The van der Waals surface area contributed by atoms with Gasteiger partial charge in [-0.25, -0.2) is 22.0 Å². The number of ether oxygens (including phenoxy) is 1. The van der Waals surface area contributed by atoms with Gasteiger partial charge in [-0.05, 0) is 69.4 Å². The molecule has 2 fully saturated rings. The first-order chi connectivity index (χ1) is 20.6. The molecule has 1 N–H and O–H groups in total. The number of carbonyl (C=O) groups is 2. The zero-order valence-electron chi connectivity index (χ0n) is 24.2. The molecule has 2 saturated heterocycles. The van der Waals surface area contributed by atoms with Crippen LogP contribution in [0, 0.1) is 17.0 Å². The van der Waals surface area contributed by atoms with Crippen molar-refractivity contribution in [1.29, 1.82) is 0 Å². The summed E-state index contributed by atoms with van der Waals surface area (Å²) in [7, 11) is -4.39. The van der Waals surface area contributed by atoms with E-state index in [9.17, 15) is 40.0 Å². The largest absolute Gasteiger partial charge is 0.446 e. The van der Waals surface area contributed by atoms with Crippen LogP contribution in [0.1, 0.15) is 45.1 Å². The molecule has 240 valence electrons. The van der Waals surface area contributed by atoms with E-state index in [1.165, 1.54) is 21.9 Å². The molecule has 3 aliphatic heterocycles. The Bertz CT molecular complexity index is 1560. The van der Waals surface area contributed by atoms with Crippen LogP contribution in [0.2, 0.25) is 0 Å². The third-order valence-electron chi connectivity index (χ3n) is 8.28. The number of benzene rings is 2. The molecule has 15 heteroatoms. The summed E-state index contributed by atoms with van der Waals surface area (Å²) in [6.07, 6.45) is -3.87. The topological polar surface area (TPSA) is 99.3 Å². The Labute approximate surface area is 252 Å². The van der Waals surface area contributed by atoms with Gasteiger partial charge in [-0.15, -0.1) is 0 Å². The average molecular weight is 645 g/mol. The number of piperidine rings is 1. The van der Waals surface area contributed by atoms with Crippen LogP contribution < -0.4 is 14.5 Å². The van der Waals surface area contributed by atoms with Crippen molar-refractivity contribution in [2.75, 3.05) is 47.2 Å². The van der Waals surface area contributed by atoms with E-state index in [1.807, 2.05) is 0 Å². The lowest BCUT2D eigenvalue weighted by Gasteiger charge is -2.38. The number of carbonyl (C=O) groups excluding carboxylic acids is 2. The Morgan fingerprint density at radius 3 is 2.34 bits per heavy atom. The van der Waals surface area contributed by atoms with Gasteiger partial charge < -0.3 is 14.5 Å². The summed E-state index contributed by atoms with van der Waals surface area (Å²) in [5.74, 6) is -2.23.